The highest BCUT2D eigenvalue weighted by molar-refractivity contribution is 6.20. The SMILES string of the molecule is [B]C(O)(c1ccccc1)C(NC(=O)c1ccccc1F)C(=O)Nc1cc(F)ccc1N1CCC2(CC1)N=c1c3c(O)c4c(O)c(C)c5c(c4c1=N2)C(=O)[C@](C)(O/C=C/C[C@@H](C)C(O)CC(O)[C@H](C)CC(C)/C=C/C=C(/C)C(=O)N3)O5. The molecule has 5 aromatic carbocycles. The monoisotopic (exact) mass is 1090 g/mol. The summed E-state index contributed by atoms with van der Waals surface area (Å²) in [4.78, 5) is 69.0. The highest BCUT2D eigenvalue weighted by atomic mass is 19.1. The van der Waals surface area contributed by atoms with Crippen molar-refractivity contribution in [3.05, 3.63) is 154 Å². The molecule has 8 atom stereocenters. The number of aliphatic hydroxyl groups is 3. The van der Waals surface area contributed by atoms with E-state index in [2.05, 4.69) is 16.0 Å². The van der Waals surface area contributed by atoms with Crippen molar-refractivity contribution >= 4 is 59.2 Å². The number of ketones is 1. The van der Waals surface area contributed by atoms with Crippen LogP contribution in [0.4, 0.5) is 25.8 Å². The zero-order chi connectivity index (χ0) is 57.6. The highest BCUT2D eigenvalue weighted by Gasteiger charge is 2.50. The van der Waals surface area contributed by atoms with E-state index in [1.165, 1.54) is 62.6 Å². The van der Waals surface area contributed by atoms with Gasteiger partial charge in [-0.25, -0.2) is 8.78 Å². The topological polar surface area (TPSA) is 252 Å². The fourth-order valence-electron chi connectivity index (χ4n) is 10.8. The first kappa shape index (κ1) is 56.8. The molecule has 1 fully saturated rings. The molecule has 9 rings (SSSR count). The summed E-state index contributed by atoms with van der Waals surface area (Å²) in [6.45, 7) is 10.5. The maximum Gasteiger partial charge on any atom is 0.312 e. The fourth-order valence-corrected chi connectivity index (χ4v) is 10.8. The number of rotatable bonds is 7. The van der Waals surface area contributed by atoms with Gasteiger partial charge in [-0.1, -0.05) is 81.5 Å². The number of nitrogens with one attached hydrogen (secondary N) is 3. The van der Waals surface area contributed by atoms with Crippen LogP contribution < -0.4 is 36.3 Å². The highest BCUT2D eigenvalue weighted by Crippen LogP contribution is 2.50. The van der Waals surface area contributed by atoms with Gasteiger partial charge >= 0.3 is 5.79 Å². The second-order valence-corrected chi connectivity index (χ2v) is 21.6. The minimum Gasteiger partial charge on any atom is -0.507 e. The molecule has 8 N–H and O–H groups in total. The summed E-state index contributed by atoms with van der Waals surface area (Å²) in [5, 5.41) is 65.9. The second-order valence-electron chi connectivity index (χ2n) is 21.6. The number of ether oxygens (including phenoxy) is 2. The number of phenolic OH excluding ortho intramolecular Hbond substituents is 2. The second kappa shape index (κ2) is 22.3. The van der Waals surface area contributed by atoms with Gasteiger partial charge in [-0.15, -0.1) is 0 Å². The maximum atomic E-state index is 15.3. The molecule has 0 aromatic heterocycles. The van der Waals surface area contributed by atoms with Crippen molar-refractivity contribution in [1.29, 1.82) is 0 Å². The van der Waals surface area contributed by atoms with Crippen molar-refractivity contribution in [2.45, 2.75) is 109 Å². The third-order valence-electron chi connectivity index (χ3n) is 15.7. The summed E-state index contributed by atoms with van der Waals surface area (Å²) >= 11 is 0. The molecular formula is C60H63BF2N6O11. The standard InChI is InChI=1S/C60H63BF2N6O11/c1-31-14-12-15-33(3)55(75)65-49-48-47(44-45(51(49)73)50(72)35(5)52-46(44)54(74)58(6,80-52)79-27-13-16-32(2)42(70)30-43(71)34(4)28-31)67-59(68-48)23-25-69(26-24-59)41-22-21-37(62)29-40(41)64-57(77)53(60(61,78)36-17-8-7-9-18-36)66-56(76)38-19-10-11-20-39(38)63/h7-15,17-22,27,29,31-32,34,42-43,53,70-73,78H,16,23-26,28,30H2,1-6H3,(H,64,77)(H,65,75)(H,66,76)/b14-12+,27-13+,33-15-/t31?,32-,34-,42?,43?,53?,58-,60?/m1/s1. The lowest BCUT2D eigenvalue weighted by Crippen LogP contribution is -2.57. The van der Waals surface area contributed by atoms with Gasteiger partial charge < -0.3 is 55.9 Å². The van der Waals surface area contributed by atoms with Crippen LogP contribution in [0.2, 0.25) is 0 Å². The molecule has 17 nitrogen and oxygen atoms in total. The molecule has 5 aromatic rings. The van der Waals surface area contributed by atoms with Gasteiger partial charge in [0.25, 0.3) is 17.6 Å². The Labute approximate surface area is 461 Å². The average Bonchev–Trinajstić information content (AvgIpc) is 4.08. The number of phenols is 2. The fraction of sp³-hybridized carbons (Fsp3) is 0.367. The number of carbonyl (C=O) groups excluding carboxylic acids is 4. The molecule has 416 valence electrons. The van der Waals surface area contributed by atoms with E-state index in [4.69, 9.17) is 27.3 Å². The molecule has 4 bridgehead atoms. The number of hydrogen-bond donors (Lipinski definition) is 8. The van der Waals surface area contributed by atoms with Gasteiger partial charge in [0.05, 0.1) is 57.2 Å². The van der Waals surface area contributed by atoms with Crippen LogP contribution in [0.5, 0.6) is 17.2 Å². The molecule has 1 spiro atoms. The van der Waals surface area contributed by atoms with E-state index in [0.717, 1.165) is 12.1 Å². The lowest BCUT2D eigenvalue weighted by molar-refractivity contribution is -0.122. The van der Waals surface area contributed by atoms with Crippen molar-refractivity contribution in [2.24, 2.45) is 27.7 Å². The number of Topliss-reactive ketones (excluding diaryl/α,β-unsaturated/α-hetero) is 1. The molecule has 4 heterocycles. The largest absolute Gasteiger partial charge is 0.507 e. The van der Waals surface area contributed by atoms with E-state index in [0.29, 0.717) is 18.5 Å². The molecule has 3 amide bonds. The molecule has 2 radical (unpaired) electrons. The molecule has 5 unspecified atom stereocenters. The molecule has 4 aliphatic heterocycles. The summed E-state index contributed by atoms with van der Waals surface area (Å²) in [6, 6.07) is 14.4. The van der Waals surface area contributed by atoms with Crippen molar-refractivity contribution in [3.8, 4) is 17.2 Å². The third kappa shape index (κ3) is 10.9. The molecule has 20 heteroatoms. The van der Waals surface area contributed by atoms with Gasteiger partial charge in [-0.3, -0.25) is 29.2 Å². The van der Waals surface area contributed by atoms with Gasteiger partial charge in [0.15, 0.2) is 11.4 Å². The number of fused-ring (bicyclic) bond motifs is 1. The summed E-state index contributed by atoms with van der Waals surface area (Å²) in [6.07, 6.45) is 7.82. The summed E-state index contributed by atoms with van der Waals surface area (Å²) in [5.74, 6) is -8.64. The van der Waals surface area contributed by atoms with Crippen LogP contribution >= 0.6 is 0 Å². The van der Waals surface area contributed by atoms with E-state index < -0.39 is 87.4 Å². The zero-order valence-corrected chi connectivity index (χ0v) is 45.1. The minimum atomic E-state index is -2.58. The third-order valence-corrected chi connectivity index (χ3v) is 15.7. The average molecular weight is 1090 g/mol. The summed E-state index contributed by atoms with van der Waals surface area (Å²) in [7, 11) is 6.44. The Morgan fingerprint density at radius 1 is 0.900 bits per heavy atom. The molecule has 80 heavy (non-hydrogen) atoms. The Balaban J connectivity index is 1.09. The normalized spacial score (nSPS) is 25.6. The predicted molar refractivity (Wildman–Crippen MR) is 296 cm³/mol. The summed E-state index contributed by atoms with van der Waals surface area (Å²) in [5.41, 5.74) is -3.99. The van der Waals surface area contributed by atoms with Crippen LogP contribution in [0.3, 0.4) is 0 Å². The van der Waals surface area contributed by atoms with Crippen LogP contribution in [-0.4, -0.2) is 99.7 Å². The number of nitrogens with zero attached hydrogens (tertiary/aromatic N) is 3. The number of anilines is 3. The Morgan fingerprint density at radius 3 is 2.29 bits per heavy atom. The van der Waals surface area contributed by atoms with Crippen LogP contribution in [-0.2, 0) is 19.8 Å². The Morgan fingerprint density at radius 2 is 1.57 bits per heavy atom. The van der Waals surface area contributed by atoms with Crippen LogP contribution in [0.1, 0.15) is 98.6 Å². The number of aromatic hydroxyl groups is 2. The molecule has 1 saturated heterocycles. The van der Waals surface area contributed by atoms with Crippen LogP contribution in [0.25, 0.3) is 10.8 Å². The Hall–Kier alpha value is -7.94. The Bertz CT molecular complexity index is 3530. The molecule has 0 saturated carbocycles. The van der Waals surface area contributed by atoms with Gasteiger partial charge in [0.1, 0.15) is 48.1 Å². The minimum absolute atomic E-state index is 0.00308. The van der Waals surface area contributed by atoms with Crippen LogP contribution in [0, 0.1) is 36.3 Å². The molecular weight excluding hydrogens is 1030 g/mol. The van der Waals surface area contributed by atoms with Gasteiger partial charge in [0.2, 0.25) is 5.91 Å². The number of aliphatic hydroxyl groups excluding tert-OH is 2. The van der Waals surface area contributed by atoms with Crippen molar-refractivity contribution in [1.82, 2.24) is 5.32 Å². The number of piperidine rings is 1. The Kier molecular flexibility index (Phi) is 15.8. The number of hydrogen-bond acceptors (Lipinski definition) is 14. The maximum absolute atomic E-state index is 15.3. The van der Waals surface area contributed by atoms with Crippen molar-refractivity contribution < 1.29 is 63.0 Å². The van der Waals surface area contributed by atoms with E-state index in [-0.39, 0.29) is 111 Å². The smallest absolute Gasteiger partial charge is 0.312 e. The lowest BCUT2D eigenvalue weighted by atomic mass is 9.69. The van der Waals surface area contributed by atoms with E-state index in [1.807, 2.05) is 31.7 Å². The first-order valence-corrected chi connectivity index (χ1v) is 26.5. The van der Waals surface area contributed by atoms with Gasteiger partial charge in [-0.2, -0.15) is 0 Å². The molecule has 0 aliphatic carbocycles. The number of allylic oxidation sites excluding steroid dienone is 4. The van der Waals surface area contributed by atoms with Crippen LogP contribution in [0.15, 0.2) is 119 Å². The van der Waals surface area contributed by atoms with E-state index in [9.17, 15) is 49.1 Å². The first-order chi connectivity index (χ1) is 37.9. The van der Waals surface area contributed by atoms with E-state index >= 15 is 4.39 Å². The summed E-state index contributed by atoms with van der Waals surface area (Å²) < 4.78 is 42.4. The lowest BCUT2D eigenvalue weighted by Gasteiger charge is -2.38. The number of carbonyl (C=O) groups is 4. The van der Waals surface area contributed by atoms with Crippen molar-refractivity contribution in [3.63, 3.8) is 0 Å². The quantitative estimate of drug-likeness (QED) is 0.0612. The molecule has 4 aliphatic rings. The number of halogens is 2. The number of amides is 3. The van der Waals surface area contributed by atoms with Gasteiger partial charge in [0, 0.05) is 49.4 Å². The number of benzene rings is 5. The first-order valence-electron chi connectivity index (χ1n) is 26.5. The van der Waals surface area contributed by atoms with E-state index in [1.54, 1.807) is 43.4 Å². The predicted octanol–water partition coefficient (Wildman–Crippen LogP) is 6.91. The zero-order valence-electron chi connectivity index (χ0n) is 45.1. The van der Waals surface area contributed by atoms with Crippen molar-refractivity contribution in [2.75, 3.05) is 28.6 Å². The van der Waals surface area contributed by atoms with Gasteiger partial charge in [-0.05, 0) is 92.8 Å².